The van der Waals surface area contributed by atoms with Crippen LogP contribution in [0.4, 0.5) is 5.69 Å². The third-order valence-corrected chi connectivity index (χ3v) is 3.89. The summed E-state index contributed by atoms with van der Waals surface area (Å²) in [6.45, 7) is 0.201. The highest BCUT2D eigenvalue weighted by atomic mass is 16.5. The molecule has 1 unspecified atom stereocenters. The van der Waals surface area contributed by atoms with Gasteiger partial charge in [-0.15, -0.1) is 0 Å². The van der Waals surface area contributed by atoms with E-state index in [0.717, 1.165) is 10.8 Å². The molecule has 3 aromatic rings. The number of methoxy groups -OCH3 is 1. The number of nitrogens with zero attached hydrogens (tertiary/aromatic N) is 1. The van der Waals surface area contributed by atoms with E-state index in [0.29, 0.717) is 11.4 Å². The van der Waals surface area contributed by atoms with E-state index in [-0.39, 0.29) is 12.4 Å². The number of Topliss-reactive ketones (excluding diaryl/α,β-unsaturated/α-hetero) is 1. The minimum absolute atomic E-state index is 0.0448. The molecule has 1 aromatic heterocycles. The zero-order chi connectivity index (χ0) is 18.5. The van der Waals surface area contributed by atoms with Crippen LogP contribution in [0.3, 0.4) is 0 Å². The molecule has 0 fully saturated rings. The van der Waals surface area contributed by atoms with Gasteiger partial charge in [-0.1, -0.05) is 36.4 Å². The second kappa shape index (κ2) is 7.64. The summed E-state index contributed by atoms with van der Waals surface area (Å²) in [7, 11) is 1.50. The summed E-state index contributed by atoms with van der Waals surface area (Å²) in [4.78, 5) is 25.0. The predicted molar refractivity (Wildman–Crippen MR) is 95.4 cm³/mol. The Morgan fingerprint density at radius 3 is 2.69 bits per heavy atom. The van der Waals surface area contributed by atoms with Crippen LogP contribution in [-0.2, 0) is 16.1 Å². The van der Waals surface area contributed by atoms with E-state index in [1.165, 1.54) is 13.2 Å². The van der Waals surface area contributed by atoms with Crippen molar-refractivity contribution in [3.63, 3.8) is 0 Å². The molecule has 0 spiro atoms. The van der Waals surface area contributed by atoms with Crippen LogP contribution in [0, 0.1) is 17.2 Å². The fraction of sp³-hybridized carbons (Fsp3) is 0.150. The van der Waals surface area contributed by atoms with Gasteiger partial charge >= 0.3 is 0 Å². The van der Waals surface area contributed by atoms with Gasteiger partial charge in [0, 0.05) is 18.2 Å². The monoisotopic (exact) mass is 348 g/mol. The molecule has 0 bridgehead atoms. The van der Waals surface area contributed by atoms with E-state index in [4.69, 9.17) is 9.15 Å². The van der Waals surface area contributed by atoms with Crippen LogP contribution >= 0.6 is 0 Å². The van der Waals surface area contributed by atoms with Gasteiger partial charge in [-0.2, -0.15) is 5.26 Å². The van der Waals surface area contributed by atoms with Gasteiger partial charge in [0.25, 0.3) is 0 Å². The fourth-order valence-electron chi connectivity index (χ4n) is 2.65. The largest absolute Gasteiger partial charge is 0.455 e. The number of carbonyl (C=O) groups is 2. The summed E-state index contributed by atoms with van der Waals surface area (Å²) in [6.07, 6.45) is 0. The Morgan fingerprint density at radius 1 is 1.15 bits per heavy atom. The van der Waals surface area contributed by atoms with Gasteiger partial charge in [-0.25, -0.2) is 0 Å². The molecule has 6 heteroatoms. The quantitative estimate of drug-likeness (QED) is 0.543. The number of rotatable bonds is 6. The second-order valence-electron chi connectivity index (χ2n) is 5.64. The highest BCUT2D eigenvalue weighted by molar-refractivity contribution is 6.16. The molecule has 1 atom stereocenters. The highest BCUT2D eigenvalue weighted by Crippen LogP contribution is 2.24. The SMILES string of the molecule is COCc1ccc(C(=O)C(C#N)C(=O)Nc2cccc3ccccc23)o1. The molecule has 1 N–H and O–H groups in total. The number of amides is 1. The zero-order valence-electron chi connectivity index (χ0n) is 14.1. The zero-order valence-corrected chi connectivity index (χ0v) is 14.1. The van der Waals surface area contributed by atoms with Crippen LogP contribution in [0.5, 0.6) is 0 Å². The Balaban J connectivity index is 1.82. The van der Waals surface area contributed by atoms with Gasteiger partial charge < -0.3 is 14.5 Å². The lowest BCUT2D eigenvalue weighted by molar-refractivity contribution is -0.117. The molecule has 3 rings (SSSR count). The molecule has 0 aliphatic rings. The van der Waals surface area contributed by atoms with Gasteiger partial charge in [-0.05, 0) is 23.6 Å². The van der Waals surface area contributed by atoms with Crippen LogP contribution in [0.1, 0.15) is 16.3 Å². The van der Waals surface area contributed by atoms with E-state index in [1.807, 2.05) is 30.3 Å². The number of furan rings is 1. The van der Waals surface area contributed by atoms with Gasteiger partial charge in [0.2, 0.25) is 11.7 Å². The molecule has 130 valence electrons. The molecule has 26 heavy (non-hydrogen) atoms. The number of fused-ring (bicyclic) bond motifs is 1. The first-order chi connectivity index (χ1) is 12.6. The lowest BCUT2D eigenvalue weighted by atomic mass is 10.0. The number of anilines is 1. The van der Waals surface area contributed by atoms with Crippen molar-refractivity contribution >= 4 is 28.2 Å². The van der Waals surface area contributed by atoms with E-state index < -0.39 is 17.6 Å². The predicted octanol–water partition coefficient (Wildman–Crippen LogP) is 3.54. The van der Waals surface area contributed by atoms with Crippen molar-refractivity contribution in [1.82, 2.24) is 0 Å². The number of ether oxygens (including phenoxy) is 1. The maximum atomic E-state index is 12.5. The van der Waals surface area contributed by atoms with Crippen LogP contribution in [0.15, 0.2) is 59.0 Å². The van der Waals surface area contributed by atoms with Crippen LogP contribution in [0.25, 0.3) is 10.8 Å². The summed E-state index contributed by atoms with van der Waals surface area (Å²) in [6, 6.07) is 17.7. The lowest BCUT2D eigenvalue weighted by Gasteiger charge is -2.11. The third-order valence-electron chi connectivity index (χ3n) is 3.89. The highest BCUT2D eigenvalue weighted by Gasteiger charge is 2.30. The molecule has 6 nitrogen and oxygen atoms in total. The van der Waals surface area contributed by atoms with Crippen molar-refractivity contribution in [2.45, 2.75) is 6.61 Å². The number of hydrogen-bond donors (Lipinski definition) is 1. The standard InChI is InChI=1S/C20H16N2O4/c1-25-12-14-9-10-18(26-14)19(23)16(11-21)20(24)22-17-8-4-6-13-5-2-3-7-15(13)17/h2-10,16H,12H2,1H3,(H,22,24). The smallest absolute Gasteiger partial charge is 0.249 e. The lowest BCUT2D eigenvalue weighted by Crippen LogP contribution is -2.28. The average Bonchev–Trinajstić information content (AvgIpc) is 3.11. The number of carbonyl (C=O) groups excluding carboxylic acids is 2. The molecule has 0 saturated heterocycles. The minimum atomic E-state index is -1.50. The molecule has 0 aliphatic heterocycles. The van der Waals surface area contributed by atoms with Gasteiger partial charge in [-0.3, -0.25) is 9.59 Å². The molecule has 1 amide bonds. The number of nitrogens with one attached hydrogen (secondary N) is 1. The van der Waals surface area contributed by atoms with Crippen LogP contribution in [0.2, 0.25) is 0 Å². The van der Waals surface area contributed by atoms with Crippen LogP contribution < -0.4 is 5.32 Å². The molecule has 0 saturated carbocycles. The Kier molecular flexibility index (Phi) is 5.11. The Bertz CT molecular complexity index is 995. The van der Waals surface area contributed by atoms with E-state index in [9.17, 15) is 14.9 Å². The summed E-state index contributed by atoms with van der Waals surface area (Å²) in [5.41, 5.74) is 0.542. The van der Waals surface area contributed by atoms with Crippen molar-refractivity contribution in [2.24, 2.45) is 5.92 Å². The third kappa shape index (κ3) is 3.48. The van der Waals surface area contributed by atoms with Crippen molar-refractivity contribution in [3.8, 4) is 6.07 Å². The number of ketones is 1. The first kappa shape index (κ1) is 17.4. The van der Waals surface area contributed by atoms with Crippen molar-refractivity contribution in [2.75, 3.05) is 12.4 Å². The van der Waals surface area contributed by atoms with Crippen LogP contribution in [-0.4, -0.2) is 18.8 Å². The van der Waals surface area contributed by atoms with Gasteiger partial charge in [0.15, 0.2) is 11.7 Å². The first-order valence-corrected chi connectivity index (χ1v) is 7.94. The molecule has 0 aliphatic carbocycles. The van der Waals surface area contributed by atoms with Crippen molar-refractivity contribution in [1.29, 1.82) is 5.26 Å². The molecule has 0 radical (unpaired) electrons. The minimum Gasteiger partial charge on any atom is -0.455 e. The molecule has 2 aromatic carbocycles. The van der Waals surface area contributed by atoms with E-state index in [2.05, 4.69) is 5.32 Å². The van der Waals surface area contributed by atoms with Gasteiger partial charge in [0.05, 0.1) is 6.07 Å². The maximum Gasteiger partial charge on any atom is 0.249 e. The fourth-order valence-corrected chi connectivity index (χ4v) is 2.65. The summed E-state index contributed by atoms with van der Waals surface area (Å²) >= 11 is 0. The van der Waals surface area contributed by atoms with Gasteiger partial charge in [0.1, 0.15) is 12.4 Å². The maximum absolute atomic E-state index is 12.5. The molecular formula is C20H16N2O4. The summed E-state index contributed by atoms with van der Waals surface area (Å²) < 4.78 is 10.3. The van der Waals surface area contributed by atoms with E-state index in [1.54, 1.807) is 24.3 Å². The molecular weight excluding hydrogens is 332 g/mol. The second-order valence-corrected chi connectivity index (χ2v) is 5.64. The average molecular weight is 348 g/mol. The Labute approximate surface area is 150 Å². The summed E-state index contributed by atoms with van der Waals surface area (Å²) in [5.74, 6) is -2.49. The Morgan fingerprint density at radius 2 is 1.92 bits per heavy atom. The first-order valence-electron chi connectivity index (χ1n) is 7.94. The topological polar surface area (TPSA) is 92.3 Å². The van der Waals surface area contributed by atoms with Crippen molar-refractivity contribution < 1.29 is 18.7 Å². The number of nitriles is 1. The van der Waals surface area contributed by atoms with E-state index >= 15 is 0 Å². The normalized spacial score (nSPS) is 11.7. The van der Waals surface area contributed by atoms with Crippen molar-refractivity contribution in [3.05, 3.63) is 66.1 Å². The number of hydrogen-bond acceptors (Lipinski definition) is 5. The Hall–Kier alpha value is -3.43. The number of benzene rings is 2. The summed E-state index contributed by atoms with van der Waals surface area (Å²) in [5, 5.41) is 13.8. The molecule has 1 heterocycles.